The fraction of sp³-hybridized carbons (Fsp3) is 0.182. The van der Waals surface area contributed by atoms with Crippen LogP contribution in [0.25, 0.3) is 0 Å². The fourth-order valence-corrected chi connectivity index (χ4v) is 3.30. The van der Waals surface area contributed by atoms with E-state index in [1.165, 1.54) is 30.4 Å². The maximum absolute atomic E-state index is 12.8. The van der Waals surface area contributed by atoms with Gasteiger partial charge in [-0.05, 0) is 36.6 Å². The van der Waals surface area contributed by atoms with E-state index in [2.05, 4.69) is 27.4 Å². The first-order chi connectivity index (χ1) is 13.6. The lowest BCUT2D eigenvalue weighted by Gasteiger charge is -2.28. The van der Waals surface area contributed by atoms with Crippen molar-refractivity contribution < 1.29 is 9.59 Å². The molecule has 0 saturated carbocycles. The van der Waals surface area contributed by atoms with Gasteiger partial charge < -0.3 is 10.2 Å². The number of rotatable bonds is 4. The summed E-state index contributed by atoms with van der Waals surface area (Å²) in [4.78, 5) is 34.6. The molecule has 0 atom stereocenters. The molecule has 0 saturated heterocycles. The highest BCUT2D eigenvalue weighted by molar-refractivity contribution is 5.95. The summed E-state index contributed by atoms with van der Waals surface area (Å²) in [5.41, 5.74) is 4.28. The number of anilines is 2. The van der Waals surface area contributed by atoms with Gasteiger partial charge in [-0.2, -0.15) is 0 Å². The van der Waals surface area contributed by atoms with Gasteiger partial charge in [-0.15, -0.1) is 0 Å². The van der Waals surface area contributed by atoms with E-state index in [0.29, 0.717) is 30.2 Å². The third kappa shape index (κ3) is 3.76. The van der Waals surface area contributed by atoms with E-state index >= 15 is 0 Å². The summed E-state index contributed by atoms with van der Waals surface area (Å²) in [6.07, 6.45) is 3.93. The molecule has 0 radical (unpaired) electrons. The van der Waals surface area contributed by atoms with Gasteiger partial charge >= 0.3 is 0 Å². The quantitative estimate of drug-likeness (QED) is 0.708. The van der Waals surface area contributed by atoms with Gasteiger partial charge in [0.1, 0.15) is 0 Å². The van der Waals surface area contributed by atoms with Crippen molar-refractivity contribution in [2.24, 2.45) is 0 Å². The topological polar surface area (TPSA) is 75.2 Å². The van der Waals surface area contributed by atoms with Gasteiger partial charge in [0, 0.05) is 36.7 Å². The second-order valence-corrected chi connectivity index (χ2v) is 6.80. The van der Waals surface area contributed by atoms with E-state index in [0.717, 1.165) is 12.1 Å². The van der Waals surface area contributed by atoms with Gasteiger partial charge in [0.2, 0.25) is 5.95 Å². The minimum absolute atomic E-state index is 0.00591. The van der Waals surface area contributed by atoms with Crippen molar-refractivity contribution in [2.45, 2.75) is 19.9 Å². The highest BCUT2D eigenvalue weighted by Crippen LogP contribution is 2.20. The SMILES string of the molecule is CC(=O)c1cccc(Nc2ncc(C(=O)N3CCc4ccccc4C3)cn2)c1. The Morgan fingerprint density at radius 3 is 2.46 bits per heavy atom. The Morgan fingerprint density at radius 2 is 1.71 bits per heavy atom. The van der Waals surface area contributed by atoms with E-state index < -0.39 is 0 Å². The third-order valence-corrected chi connectivity index (χ3v) is 4.84. The first-order valence-corrected chi connectivity index (χ1v) is 9.16. The van der Waals surface area contributed by atoms with Gasteiger partial charge in [0.15, 0.2) is 5.78 Å². The highest BCUT2D eigenvalue weighted by atomic mass is 16.2. The van der Waals surface area contributed by atoms with Crippen LogP contribution < -0.4 is 5.32 Å². The van der Waals surface area contributed by atoms with Crippen molar-refractivity contribution in [1.82, 2.24) is 14.9 Å². The summed E-state index contributed by atoms with van der Waals surface area (Å²) >= 11 is 0. The summed E-state index contributed by atoms with van der Waals surface area (Å²) in [6.45, 7) is 2.82. The maximum Gasteiger partial charge on any atom is 0.257 e. The summed E-state index contributed by atoms with van der Waals surface area (Å²) in [5, 5.41) is 3.06. The van der Waals surface area contributed by atoms with Crippen molar-refractivity contribution in [3.05, 3.63) is 83.2 Å². The zero-order valence-corrected chi connectivity index (χ0v) is 15.6. The lowest BCUT2D eigenvalue weighted by Crippen LogP contribution is -2.36. The molecule has 1 aliphatic rings. The fourth-order valence-electron chi connectivity index (χ4n) is 3.30. The van der Waals surface area contributed by atoms with Gasteiger partial charge in [0.25, 0.3) is 5.91 Å². The highest BCUT2D eigenvalue weighted by Gasteiger charge is 2.22. The largest absolute Gasteiger partial charge is 0.334 e. The van der Waals surface area contributed by atoms with E-state index in [1.807, 2.05) is 23.1 Å². The number of nitrogens with one attached hydrogen (secondary N) is 1. The number of nitrogens with zero attached hydrogens (tertiary/aromatic N) is 3. The van der Waals surface area contributed by atoms with Gasteiger partial charge in [-0.1, -0.05) is 36.4 Å². The van der Waals surface area contributed by atoms with Crippen LogP contribution in [0.3, 0.4) is 0 Å². The first kappa shape index (κ1) is 17.9. The lowest BCUT2D eigenvalue weighted by atomic mass is 9.99. The molecule has 0 aliphatic carbocycles. The molecule has 2 aromatic carbocycles. The average Bonchev–Trinajstić information content (AvgIpc) is 2.73. The van der Waals surface area contributed by atoms with Gasteiger partial charge in [-0.25, -0.2) is 9.97 Å². The van der Waals surface area contributed by atoms with Crippen molar-refractivity contribution >= 4 is 23.3 Å². The predicted octanol–water partition coefficient (Wildman–Crippen LogP) is 3.62. The Bertz CT molecular complexity index is 1030. The zero-order chi connectivity index (χ0) is 19.5. The van der Waals surface area contributed by atoms with Crippen LogP contribution in [-0.2, 0) is 13.0 Å². The number of ketones is 1. The molecule has 6 heteroatoms. The molecule has 3 aromatic rings. The van der Waals surface area contributed by atoms with Crippen LogP contribution in [0.4, 0.5) is 11.6 Å². The first-order valence-electron chi connectivity index (χ1n) is 9.16. The molecule has 1 N–H and O–H groups in total. The number of fused-ring (bicyclic) bond motifs is 1. The lowest BCUT2D eigenvalue weighted by molar-refractivity contribution is 0.0733. The molecule has 28 heavy (non-hydrogen) atoms. The van der Waals surface area contributed by atoms with Gasteiger partial charge in [0.05, 0.1) is 5.56 Å². The standard InChI is InChI=1S/C22H20N4O2/c1-15(27)17-7-4-8-20(11-17)25-22-23-12-19(13-24-22)21(28)26-10-9-16-5-2-3-6-18(16)14-26/h2-8,11-13H,9-10,14H2,1H3,(H,23,24,25). The van der Waals surface area contributed by atoms with E-state index in [9.17, 15) is 9.59 Å². The molecular weight excluding hydrogens is 352 g/mol. The van der Waals surface area contributed by atoms with Crippen LogP contribution in [0.1, 0.15) is 38.8 Å². The number of carbonyl (C=O) groups is 2. The van der Waals surface area contributed by atoms with Crippen molar-refractivity contribution in [3.63, 3.8) is 0 Å². The van der Waals surface area contributed by atoms with E-state index in [-0.39, 0.29) is 11.7 Å². The molecule has 140 valence electrons. The number of amides is 1. The van der Waals surface area contributed by atoms with Crippen LogP contribution in [0.15, 0.2) is 60.9 Å². The summed E-state index contributed by atoms with van der Waals surface area (Å²) in [7, 11) is 0. The third-order valence-electron chi connectivity index (χ3n) is 4.84. The average molecular weight is 372 g/mol. The second-order valence-electron chi connectivity index (χ2n) is 6.80. The predicted molar refractivity (Wildman–Crippen MR) is 107 cm³/mol. The molecule has 4 rings (SSSR count). The Hall–Kier alpha value is -3.54. The Morgan fingerprint density at radius 1 is 0.964 bits per heavy atom. The summed E-state index contributed by atoms with van der Waals surface area (Å²) in [6, 6.07) is 15.3. The molecule has 6 nitrogen and oxygen atoms in total. The Labute approximate surface area is 163 Å². The Balaban J connectivity index is 1.45. The van der Waals surface area contributed by atoms with E-state index in [4.69, 9.17) is 0 Å². The molecule has 1 aliphatic heterocycles. The van der Waals surface area contributed by atoms with Crippen LogP contribution in [-0.4, -0.2) is 33.1 Å². The number of carbonyl (C=O) groups excluding carboxylic acids is 2. The Kier molecular flexibility index (Phi) is 4.85. The molecule has 1 aromatic heterocycles. The molecule has 2 heterocycles. The molecular formula is C22H20N4O2. The molecule has 0 fully saturated rings. The van der Waals surface area contributed by atoms with Crippen LogP contribution in [0.5, 0.6) is 0 Å². The van der Waals surface area contributed by atoms with Crippen molar-refractivity contribution in [2.75, 3.05) is 11.9 Å². The number of Topliss-reactive ketones (excluding diaryl/α,β-unsaturated/α-hetero) is 1. The second kappa shape index (κ2) is 7.60. The number of hydrogen-bond donors (Lipinski definition) is 1. The molecule has 1 amide bonds. The minimum atomic E-state index is -0.0698. The zero-order valence-electron chi connectivity index (χ0n) is 15.6. The maximum atomic E-state index is 12.8. The molecule has 0 spiro atoms. The van der Waals surface area contributed by atoms with Crippen molar-refractivity contribution in [3.8, 4) is 0 Å². The number of aromatic nitrogens is 2. The monoisotopic (exact) mass is 372 g/mol. The smallest absolute Gasteiger partial charge is 0.257 e. The summed E-state index contributed by atoms with van der Waals surface area (Å²) in [5.74, 6) is 0.300. The minimum Gasteiger partial charge on any atom is -0.334 e. The van der Waals surface area contributed by atoms with Crippen molar-refractivity contribution in [1.29, 1.82) is 0 Å². The normalized spacial score (nSPS) is 13.0. The van der Waals surface area contributed by atoms with Crippen LogP contribution in [0.2, 0.25) is 0 Å². The van der Waals surface area contributed by atoms with Gasteiger partial charge in [-0.3, -0.25) is 9.59 Å². The van der Waals surface area contributed by atoms with Crippen LogP contribution >= 0.6 is 0 Å². The molecule has 0 bridgehead atoms. The van der Waals surface area contributed by atoms with E-state index in [1.54, 1.807) is 18.2 Å². The number of hydrogen-bond acceptors (Lipinski definition) is 5. The summed E-state index contributed by atoms with van der Waals surface area (Å²) < 4.78 is 0. The number of benzene rings is 2. The molecule has 0 unspecified atom stereocenters. The van der Waals surface area contributed by atoms with Crippen LogP contribution in [0, 0.1) is 0 Å².